The maximum absolute atomic E-state index is 12.7. The third-order valence-corrected chi connectivity index (χ3v) is 11.8. The molecule has 4 aliphatic carbocycles. The molecule has 9 rings (SSSR count). The Morgan fingerprint density at radius 3 is 1.00 bits per heavy atom. The minimum absolute atomic E-state index is 0.0535. The Morgan fingerprint density at radius 2 is 0.762 bits per heavy atom. The summed E-state index contributed by atoms with van der Waals surface area (Å²) < 4.78 is 25.5. The van der Waals surface area contributed by atoms with Crippen LogP contribution in [0.4, 0.5) is 0 Å². The molecule has 4 unspecified atom stereocenters. The first-order valence-electron chi connectivity index (χ1n) is 14.4. The van der Waals surface area contributed by atoms with E-state index in [-0.39, 0.29) is 36.0 Å². The lowest BCUT2D eigenvalue weighted by Gasteiger charge is -2.33. The molecule has 42 heavy (non-hydrogen) atoms. The Balaban J connectivity index is 1.36. The summed E-state index contributed by atoms with van der Waals surface area (Å²) in [4.78, 5) is 41.6. The molecule has 0 aliphatic heterocycles. The minimum Gasteiger partial charge on any atom is -0.324 e. The van der Waals surface area contributed by atoms with Gasteiger partial charge in [0.05, 0.1) is 12.3 Å². The zero-order chi connectivity index (χ0) is 28.7. The van der Waals surface area contributed by atoms with Gasteiger partial charge in [-0.3, -0.25) is 9.13 Å². The van der Waals surface area contributed by atoms with E-state index in [0.29, 0.717) is 0 Å². The SMILES string of the molecule is O=P(O)(O)Cc1c2c(c(CP(=O)(O)O)c3c1C1CC3c3cc4ccccc4cc31)C1CC2c2cc3ccccc3cc21. The van der Waals surface area contributed by atoms with E-state index in [4.69, 9.17) is 0 Å². The molecule has 6 nitrogen and oxygen atoms in total. The molecule has 8 heteroatoms. The molecular weight excluding hydrogens is 566 g/mol. The minimum atomic E-state index is -4.45. The highest BCUT2D eigenvalue weighted by Crippen LogP contribution is 2.68. The van der Waals surface area contributed by atoms with Crippen LogP contribution in [0.1, 0.15) is 92.1 Å². The highest BCUT2D eigenvalue weighted by molar-refractivity contribution is 7.51. The van der Waals surface area contributed by atoms with Crippen molar-refractivity contribution in [2.24, 2.45) is 0 Å². The number of rotatable bonds is 4. The lowest BCUT2D eigenvalue weighted by atomic mass is 9.73. The van der Waals surface area contributed by atoms with Crippen LogP contribution in [0.3, 0.4) is 0 Å². The Kier molecular flexibility index (Phi) is 5.02. The van der Waals surface area contributed by atoms with Gasteiger partial charge in [0.15, 0.2) is 0 Å². The van der Waals surface area contributed by atoms with Crippen LogP contribution in [0.5, 0.6) is 0 Å². The van der Waals surface area contributed by atoms with Crippen molar-refractivity contribution in [3.63, 3.8) is 0 Å². The van der Waals surface area contributed by atoms with E-state index >= 15 is 0 Å². The zero-order valence-electron chi connectivity index (χ0n) is 22.6. The van der Waals surface area contributed by atoms with Crippen molar-refractivity contribution < 1.29 is 28.7 Å². The molecule has 210 valence electrons. The highest BCUT2D eigenvalue weighted by atomic mass is 31.2. The molecule has 5 aromatic rings. The number of hydrogen-bond donors (Lipinski definition) is 4. The third kappa shape index (κ3) is 3.48. The average Bonchev–Trinajstić information content (AvgIpc) is 3.69. The van der Waals surface area contributed by atoms with Gasteiger partial charge in [-0.2, -0.15) is 0 Å². The predicted molar refractivity (Wildman–Crippen MR) is 162 cm³/mol. The third-order valence-electron chi connectivity index (χ3n) is 10.4. The second kappa shape index (κ2) is 8.30. The molecule has 4 bridgehead atoms. The smallest absolute Gasteiger partial charge is 0.324 e. The maximum Gasteiger partial charge on any atom is 0.329 e. The summed E-state index contributed by atoms with van der Waals surface area (Å²) >= 11 is 0. The van der Waals surface area contributed by atoms with Crippen LogP contribution < -0.4 is 0 Å². The largest absolute Gasteiger partial charge is 0.329 e. The fourth-order valence-corrected chi connectivity index (χ4v) is 10.6. The second-order valence-corrected chi connectivity index (χ2v) is 15.9. The number of fused-ring (bicyclic) bond motifs is 18. The molecule has 0 aromatic heterocycles. The van der Waals surface area contributed by atoms with Gasteiger partial charge in [-0.1, -0.05) is 72.8 Å². The van der Waals surface area contributed by atoms with Crippen LogP contribution >= 0.6 is 15.2 Å². The van der Waals surface area contributed by atoms with Crippen molar-refractivity contribution in [1.29, 1.82) is 0 Å². The van der Waals surface area contributed by atoms with Crippen LogP contribution in [-0.4, -0.2) is 19.6 Å². The van der Waals surface area contributed by atoms with Gasteiger partial charge < -0.3 is 19.6 Å². The number of benzene rings is 5. The van der Waals surface area contributed by atoms with E-state index in [0.717, 1.165) is 67.8 Å². The fraction of sp³-hybridized carbons (Fsp3) is 0.235. The van der Waals surface area contributed by atoms with E-state index in [9.17, 15) is 28.7 Å². The van der Waals surface area contributed by atoms with Crippen molar-refractivity contribution in [2.75, 3.05) is 0 Å². The zero-order valence-corrected chi connectivity index (χ0v) is 24.4. The lowest BCUT2D eigenvalue weighted by Crippen LogP contribution is -2.18. The molecule has 4 aliphatic rings. The average molecular weight is 595 g/mol. The molecule has 4 atom stereocenters. The molecule has 0 saturated carbocycles. The first kappa shape index (κ1) is 25.4. The molecule has 4 N–H and O–H groups in total. The van der Waals surface area contributed by atoms with E-state index in [1.807, 2.05) is 24.3 Å². The summed E-state index contributed by atoms with van der Waals surface area (Å²) in [5, 5.41) is 4.49. The molecule has 5 aromatic carbocycles. The van der Waals surface area contributed by atoms with Crippen molar-refractivity contribution in [3.05, 3.63) is 128 Å². The lowest BCUT2D eigenvalue weighted by molar-refractivity contribution is 0.368. The Labute approximate surface area is 242 Å². The first-order chi connectivity index (χ1) is 20.1. The van der Waals surface area contributed by atoms with Crippen LogP contribution in [0.25, 0.3) is 21.5 Å². The topological polar surface area (TPSA) is 115 Å². The second-order valence-electron chi connectivity index (χ2n) is 12.6. The van der Waals surface area contributed by atoms with E-state index in [1.54, 1.807) is 0 Å². The van der Waals surface area contributed by atoms with Gasteiger partial charge in [0.1, 0.15) is 0 Å². The molecule has 0 heterocycles. The van der Waals surface area contributed by atoms with Crippen LogP contribution in [0.2, 0.25) is 0 Å². The van der Waals surface area contributed by atoms with Crippen molar-refractivity contribution >= 4 is 36.7 Å². The molecular formula is C34H28O6P2. The fourth-order valence-electron chi connectivity index (χ4n) is 9.12. The summed E-state index contributed by atoms with van der Waals surface area (Å²) in [6.07, 6.45) is 0.814. The van der Waals surface area contributed by atoms with Crippen LogP contribution in [-0.2, 0) is 21.5 Å². The van der Waals surface area contributed by atoms with Gasteiger partial charge >= 0.3 is 15.2 Å². The van der Waals surface area contributed by atoms with Gasteiger partial charge in [-0.25, -0.2) is 0 Å². The maximum atomic E-state index is 12.7. The Bertz CT molecular complexity index is 1870. The van der Waals surface area contributed by atoms with Crippen molar-refractivity contribution in [1.82, 2.24) is 0 Å². The van der Waals surface area contributed by atoms with Crippen molar-refractivity contribution in [3.8, 4) is 0 Å². The standard InChI is InChI=1S/C34H28O6P2/c35-41(36,37)15-29-31-25-13-26(22-10-18-6-2-1-5-17(18)9-21(22)25)32(31)30(16-42(38,39)40)34-28-14-27(33(29)34)23-11-19-7-3-4-8-20(19)12-24(23)28/h1-12,25-28H,13-16H2,(H2,35,36,37)(H2,38,39,40). The van der Waals surface area contributed by atoms with Gasteiger partial charge in [0.2, 0.25) is 0 Å². The molecule has 0 amide bonds. The van der Waals surface area contributed by atoms with Crippen molar-refractivity contribution in [2.45, 2.75) is 48.8 Å². The van der Waals surface area contributed by atoms with E-state index in [1.165, 1.54) is 22.3 Å². The summed E-state index contributed by atoms with van der Waals surface area (Å²) in [6.45, 7) is 0. The summed E-state index contributed by atoms with van der Waals surface area (Å²) in [6, 6.07) is 25.2. The molecule has 0 fully saturated rings. The summed E-state index contributed by atoms with van der Waals surface area (Å²) in [5.74, 6) is -0.214. The highest BCUT2D eigenvalue weighted by Gasteiger charge is 2.52. The molecule has 0 saturated heterocycles. The van der Waals surface area contributed by atoms with Gasteiger partial charge in [-0.15, -0.1) is 0 Å². The first-order valence-corrected chi connectivity index (χ1v) is 18.0. The van der Waals surface area contributed by atoms with Gasteiger partial charge in [0, 0.05) is 23.7 Å². The predicted octanol–water partition coefficient (Wildman–Crippen LogP) is 7.31. The van der Waals surface area contributed by atoms with Gasteiger partial charge in [0.25, 0.3) is 0 Å². The van der Waals surface area contributed by atoms with Crippen LogP contribution in [0, 0.1) is 0 Å². The van der Waals surface area contributed by atoms with Gasteiger partial charge in [-0.05, 0) is 90.0 Å². The Morgan fingerprint density at radius 1 is 0.500 bits per heavy atom. The van der Waals surface area contributed by atoms with Crippen LogP contribution in [0.15, 0.2) is 72.8 Å². The monoisotopic (exact) mass is 594 g/mol. The quantitative estimate of drug-likeness (QED) is 0.162. The summed E-state index contributed by atoms with van der Waals surface area (Å²) in [7, 11) is -8.91. The van der Waals surface area contributed by atoms with E-state index in [2.05, 4.69) is 48.5 Å². The van der Waals surface area contributed by atoms with E-state index < -0.39 is 15.2 Å². The Hall–Kier alpha value is -3.08. The number of hydrogen-bond acceptors (Lipinski definition) is 2. The normalized spacial score (nSPS) is 23.0. The summed E-state index contributed by atoms with van der Waals surface area (Å²) in [5.41, 5.74) is 9.83. The molecule has 0 spiro atoms. The molecule has 0 radical (unpaired) electrons.